The molecule has 26 heavy (non-hydrogen) atoms. The summed E-state index contributed by atoms with van der Waals surface area (Å²) in [4.78, 5) is 0. The first-order valence-corrected chi connectivity index (χ1v) is 10.4. The van der Waals surface area contributed by atoms with E-state index in [4.69, 9.17) is 4.74 Å². The van der Waals surface area contributed by atoms with Crippen LogP contribution in [0.5, 0.6) is 5.75 Å². The van der Waals surface area contributed by atoms with Gasteiger partial charge in [0.1, 0.15) is 17.9 Å². The number of unbranched alkanes of at least 4 members (excludes halogenated alkanes) is 10. The van der Waals surface area contributed by atoms with E-state index in [0.29, 0.717) is 0 Å². The average molecular weight is 358 g/mol. The Bertz CT molecular complexity index is 592. The van der Waals surface area contributed by atoms with Crippen molar-refractivity contribution >= 4 is 0 Å². The van der Waals surface area contributed by atoms with Crippen LogP contribution in [0.25, 0.3) is 5.69 Å². The maximum atomic E-state index is 5.22. The molecule has 0 saturated heterocycles. The van der Waals surface area contributed by atoms with Crippen molar-refractivity contribution in [2.75, 3.05) is 7.11 Å². The lowest BCUT2D eigenvalue weighted by atomic mass is 10.1. The smallest absolute Gasteiger partial charge is 0.137 e. The summed E-state index contributed by atoms with van der Waals surface area (Å²) < 4.78 is 7.30. The molecular weight excluding hydrogens is 322 g/mol. The van der Waals surface area contributed by atoms with Crippen molar-refractivity contribution in [3.05, 3.63) is 36.4 Å². The second-order valence-electron chi connectivity index (χ2n) is 7.10. The van der Waals surface area contributed by atoms with Crippen LogP contribution in [0.15, 0.2) is 30.6 Å². The second-order valence-corrected chi connectivity index (χ2v) is 7.10. The maximum Gasteiger partial charge on any atom is 0.137 e. The molecule has 0 aliphatic carbocycles. The van der Waals surface area contributed by atoms with Crippen molar-refractivity contribution in [2.24, 2.45) is 0 Å². The molecule has 2 aromatic rings. The third kappa shape index (κ3) is 7.19. The van der Waals surface area contributed by atoms with Crippen LogP contribution in [0, 0.1) is 0 Å². The Morgan fingerprint density at radius 2 is 1.38 bits per heavy atom. The first-order valence-electron chi connectivity index (χ1n) is 10.4. The Kier molecular flexibility index (Phi) is 9.84. The van der Waals surface area contributed by atoms with Gasteiger partial charge in [-0.05, 0) is 30.7 Å². The van der Waals surface area contributed by atoms with Crippen molar-refractivity contribution in [2.45, 2.75) is 84.0 Å². The van der Waals surface area contributed by atoms with Crippen LogP contribution in [0.4, 0.5) is 0 Å². The van der Waals surface area contributed by atoms with E-state index in [1.165, 1.54) is 70.6 Å². The first-order chi connectivity index (χ1) is 12.8. The van der Waals surface area contributed by atoms with Gasteiger partial charge in [0.25, 0.3) is 0 Å². The zero-order valence-corrected chi connectivity index (χ0v) is 16.6. The molecule has 1 aromatic heterocycles. The van der Waals surface area contributed by atoms with E-state index in [-0.39, 0.29) is 0 Å². The first kappa shape index (κ1) is 20.5. The Labute approximate surface area is 159 Å². The minimum atomic E-state index is 0.869. The molecule has 0 radical (unpaired) electrons. The minimum Gasteiger partial charge on any atom is -0.497 e. The fraction of sp³-hybridized carbons (Fsp3) is 0.636. The van der Waals surface area contributed by atoms with E-state index in [0.717, 1.165) is 23.7 Å². The molecule has 0 aliphatic heterocycles. The lowest BCUT2D eigenvalue weighted by Crippen LogP contribution is -2.00. The van der Waals surface area contributed by atoms with E-state index < -0.39 is 0 Å². The molecule has 0 atom stereocenters. The lowest BCUT2D eigenvalue weighted by Gasteiger charge is -2.07. The standard InChI is InChI=1S/C22H35N3O/c1-3-4-5-6-7-8-9-10-11-12-13-14-22-24-23-19-25(22)20-15-17-21(26-2)18-16-20/h15-19H,3-14H2,1-2H3. The predicted molar refractivity (Wildman–Crippen MR) is 108 cm³/mol. The fourth-order valence-electron chi connectivity index (χ4n) is 3.34. The van der Waals surface area contributed by atoms with Crippen LogP contribution in [-0.4, -0.2) is 21.9 Å². The number of benzene rings is 1. The molecule has 1 heterocycles. The maximum absolute atomic E-state index is 5.22. The minimum absolute atomic E-state index is 0.869. The van der Waals surface area contributed by atoms with Gasteiger partial charge in [0.2, 0.25) is 0 Å². The van der Waals surface area contributed by atoms with Crippen LogP contribution in [-0.2, 0) is 6.42 Å². The van der Waals surface area contributed by atoms with Gasteiger partial charge in [-0.15, -0.1) is 10.2 Å². The van der Waals surface area contributed by atoms with E-state index in [1.54, 1.807) is 13.4 Å². The molecule has 1 aromatic carbocycles. The van der Waals surface area contributed by atoms with E-state index in [2.05, 4.69) is 21.7 Å². The lowest BCUT2D eigenvalue weighted by molar-refractivity contribution is 0.414. The molecule has 0 bridgehead atoms. The zero-order chi connectivity index (χ0) is 18.5. The van der Waals surface area contributed by atoms with E-state index in [9.17, 15) is 0 Å². The predicted octanol–water partition coefficient (Wildman–Crippen LogP) is 6.13. The summed E-state index contributed by atoms with van der Waals surface area (Å²) in [5, 5.41) is 8.39. The molecule has 0 amide bonds. The van der Waals surface area contributed by atoms with Gasteiger partial charge in [-0.1, -0.05) is 71.1 Å². The Hall–Kier alpha value is -1.84. The summed E-state index contributed by atoms with van der Waals surface area (Å²) in [5.74, 6) is 1.92. The number of nitrogens with zero attached hydrogens (tertiary/aromatic N) is 3. The summed E-state index contributed by atoms with van der Waals surface area (Å²) in [7, 11) is 1.69. The number of aromatic nitrogens is 3. The van der Waals surface area contributed by atoms with Crippen LogP contribution in [0.1, 0.15) is 83.4 Å². The molecule has 0 unspecified atom stereocenters. The Morgan fingerprint density at radius 3 is 1.96 bits per heavy atom. The summed E-state index contributed by atoms with van der Waals surface area (Å²) in [5.41, 5.74) is 1.09. The third-order valence-corrected chi connectivity index (χ3v) is 4.97. The van der Waals surface area contributed by atoms with Crippen molar-refractivity contribution < 1.29 is 4.74 Å². The summed E-state index contributed by atoms with van der Waals surface area (Å²) in [6, 6.07) is 8.04. The van der Waals surface area contributed by atoms with Crippen molar-refractivity contribution in [1.82, 2.24) is 14.8 Å². The van der Waals surface area contributed by atoms with Crippen molar-refractivity contribution in [1.29, 1.82) is 0 Å². The molecule has 0 fully saturated rings. The monoisotopic (exact) mass is 357 g/mol. The molecular formula is C22H35N3O. The molecule has 4 heteroatoms. The normalized spacial score (nSPS) is 11.0. The largest absolute Gasteiger partial charge is 0.497 e. The van der Waals surface area contributed by atoms with Gasteiger partial charge in [0.05, 0.1) is 7.11 Å². The molecule has 0 N–H and O–H groups in total. The molecule has 4 nitrogen and oxygen atoms in total. The van der Waals surface area contributed by atoms with Crippen molar-refractivity contribution in [3.8, 4) is 11.4 Å². The number of aryl methyl sites for hydroxylation is 1. The fourth-order valence-corrected chi connectivity index (χ4v) is 3.34. The third-order valence-electron chi connectivity index (χ3n) is 4.97. The van der Waals surface area contributed by atoms with Gasteiger partial charge >= 0.3 is 0 Å². The van der Waals surface area contributed by atoms with Crippen LogP contribution in [0.3, 0.4) is 0 Å². The highest BCUT2D eigenvalue weighted by Gasteiger charge is 2.06. The second kappa shape index (κ2) is 12.5. The van der Waals surface area contributed by atoms with Crippen LogP contribution in [0.2, 0.25) is 0 Å². The Balaban J connectivity index is 1.60. The van der Waals surface area contributed by atoms with Gasteiger partial charge in [0, 0.05) is 12.1 Å². The summed E-state index contributed by atoms with van der Waals surface area (Å²) >= 11 is 0. The van der Waals surface area contributed by atoms with Gasteiger partial charge in [-0.25, -0.2) is 0 Å². The molecule has 144 valence electrons. The van der Waals surface area contributed by atoms with Gasteiger partial charge < -0.3 is 4.74 Å². The molecule has 0 saturated carbocycles. The highest BCUT2D eigenvalue weighted by molar-refractivity contribution is 5.37. The highest BCUT2D eigenvalue weighted by Crippen LogP contribution is 2.17. The number of rotatable bonds is 14. The van der Waals surface area contributed by atoms with Gasteiger partial charge in [-0.3, -0.25) is 4.57 Å². The van der Waals surface area contributed by atoms with E-state index >= 15 is 0 Å². The average Bonchev–Trinajstić information content (AvgIpc) is 3.14. The van der Waals surface area contributed by atoms with Gasteiger partial charge in [-0.2, -0.15) is 0 Å². The number of hydrogen-bond donors (Lipinski definition) is 0. The van der Waals surface area contributed by atoms with Crippen molar-refractivity contribution in [3.63, 3.8) is 0 Å². The summed E-state index contributed by atoms with van der Waals surface area (Å²) in [6.45, 7) is 2.28. The molecule has 0 aliphatic rings. The quantitative estimate of drug-likeness (QED) is 0.382. The number of hydrogen-bond acceptors (Lipinski definition) is 3. The zero-order valence-electron chi connectivity index (χ0n) is 16.6. The SMILES string of the molecule is CCCCCCCCCCCCCc1nncn1-c1ccc(OC)cc1. The van der Waals surface area contributed by atoms with Crippen LogP contribution < -0.4 is 4.74 Å². The summed E-state index contributed by atoms with van der Waals surface area (Å²) in [6.07, 6.45) is 17.8. The molecule has 0 spiro atoms. The topological polar surface area (TPSA) is 39.9 Å². The molecule has 2 rings (SSSR count). The van der Waals surface area contributed by atoms with E-state index in [1.807, 2.05) is 24.3 Å². The van der Waals surface area contributed by atoms with Gasteiger partial charge in [0.15, 0.2) is 0 Å². The number of methoxy groups -OCH3 is 1. The highest BCUT2D eigenvalue weighted by atomic mass is 16.5. The number of ether oxygens (including phenoxy) is 1. The Morgan fingerprint density at radius 1 is 0.808 bits per heavy atom. The van der Waals surface area contributed by atoms with Crippen LogP contribution >= 0.6 is 0 Å².